The molecule has 0 aromatic carbocycles. The average Bonchev–Trinajstić information content (AvgIpc) is 2.62. The Morgan fingerprint density at radius 3 is 1.31 bits per heavy atom. The Bertz CT molecular complexity index is 309. The zero-order chi connectivity index (χ0) is 19.1. The molecule has 154 valence electrons. The number of carboxylic acid groups (broad SMARTS) is 1. The van der Waals surface area contributed by atoms with Crippen molar-refractivity contribution in [1.29, 1.82) is 0 Å². The van der Waals surface area contributed by atoms with Crippen LogP contribution in [0.4, 0.5) is 0 Å². The first-order valence-electron chi connectivity index (χ1n) is 11.6. The largest absolute Gasteiger partial charge is 0.481 e. The highest BCUT2D eigenvalue weighted by atomic mass is 16.4. The van der Waals surface area contributed by atoms with Crippen LogP contribution >= 0.6 is 0 Å². The molecule has 0 bridgehead atoms. The Hall–Kier alpha value is -0.790. The summed E-state index contributed by atoms with van der Waals surface area (Å²) in [5.41, 5.74) is 0. The summed E-state index contributed by atoms with van der Waals surface area (Å²) in [6, 6.07) is 0. The predicted octanol–water partition coefficient (Wildman–Crippen LogP) is 8.45. The van der Waals surface area contributed by atoms with Crippen LogP contribution in [0.2, 0.25) is 0 Å². The maximum atomic E-state index is 10.4. The summed E-state index contributed by atoms with van der Waals surface area (Å²) in [5, 5.41) is 8.57. The number of allylic oxidation sites excluding steroid dienone is 2. The van der Waals surface area contributed by atoms with Gasteiger partial charge in [-0.05, 0) is 32.1 Å². The Balaban J connectivity index is 3.05. The van der Waals surface area contributed by atoms with Gasteiger partial charge in [0.15, 0.2) is 0 Å². The van der Waals surface area contributed by atoms with E-state index in [-0.39, 0.29) is 0 Å². The van der Waals surface area contributed by atoms with Gasteiger partial charge >= 0.3 is 5.97 Å². The van der Waals surface area contributed by atoms with E-state index in [1.54, 1.807) is 0 Å². The van der Waals surface area contributed by atoms with Crippen LogP contribution in [0.5, 0.6) is 0 Å². The lowest BCUT2D eigenvalue weighted by atomic mass is 10.0. The molecule has 0 fully saturated rings. The lowest BCUT2D eigenvalue weighted by molar-refractivity contribution is -0.137. The molecule has 0 aromatic rings. The molecular formula is C24H46O2. The van der Waals surface area contributed by atoms with Gasteiger partial charge in [-0.2, -0.15) is 0 Å². The molecule has 0 atom stereocenters. The topological polar surface area (TPSA) is 37.3 Å². The molecule has 0 aliphatic rings. The second kappa shape index (κ2) is 22.3. The highest BCUT2D eigenvalue weighted by Crippen LogP contribution is 2.13. The van der Waals surface area contributed by atoms with Crippen molar-refractivity contribution in [2.24, 2.45) is 0 Å². The van der Waals surface area contributed by atoms with Crippen molar-refractivity contribution in [2.75, 3.05) is 0 Å². The van der Waals surface area contributed by atoms with E-state index >= 15 is 0 Å². The van der Waals surface area contributed by atoms with Crippen molar-refractivity contribution in [3.63, 3.8) is 0 Å². The zero-order valence-corrected chi connectivity index (χ0v) is 17.7. The summed E-state index contributed by atoms with van der Waals surface area (Å²) >= 11 is 0. The van der Waals surface area contributed by atoms with E-state index in [0.29, 0.717) is 6.42 Å². The highest BCUT2D eigenvalue weighted by Gasteiger charge is 1.97. The number of rotatable bonds is 21. The van der Waals surface area contributed by atoms with Crippen molar-refractivity contribution in [3.05, 3.63) is 12.2 Å². The zero-order valence-electron chi connectivity index (χ0n) is 17.7. The molecule has 2 heteroatoms. The second-order valence-corrected chi connectivity index (χ2v) is 7.85. The summed E-state index contributed by atoms with van der Waals surface area (Å²) in [7, 11) is 0. The van der Waals surface area contributed by atoms with Crippen molar-refractivity contribution < 1.29 is 9.90 Å². The third kappa shape index (κ3) is 23.2. The van der Waals surface area contributed by atoms with E-state index in [4.69, 9.17) is 5.11 Å². The maximum absolute atomic E-state index is 10.4. The van der Waals surface area contributed by atoms with Gasteiger partial charge in [-0.15, -0.1) is 0 Å². The van der Waals surface area contributed by atoms with E-state index in [1.807, 2.05) is 0 Å². The van der Waals surface area contributed by atoms with Crippen LogP contribution < -0.4 is 0 Å². The number of aliphatic carboxylic acids is 1. The number of carboxylic acids is 1. The van der Waals surface area contributed by atoms with Gasteiger partial charge in [0.25, 0.3) is 0 Å². The quantitative estimate of drug-likeness (QED) is 0.163. The standard InChI is InChI=1S/C24H46O2/c1-2-3-4-5-6-7-8-9-10-11-12-13-14-15-16-17-18-19-20-21-22-23-24(25)26/h7-8H,2-6,9-23H2,1H3,(H,25,26). The Labute approximate surface area is 163 Å². The third-order valence-corrected chi connectivity index (χ3v) is 5.15. The molecule has 0 aliphatic heterocycles. The van der Waals surface area contributed by atoms with Gasteiger partial charge in [0.05, 0.1) is 0 Å². The van der Waals surface area contributed by atoms with Crippen LogP contribution in [-0.4, -0.2) is 11.1 Å². The summed E-state index contributed by atoms with van der Waals surface area (Å²) in [4.78, 5) is 10.4. The van der Waals surface area contributed by atoms with Crippen LogP contribution in [-0.2, 0) is 4.79 Å². The SMILES string of the molecule is CCCCCCC=CCCCCCCCCCCCCCCCC(=O)O. The molecular weight excluding hydrogens is 320 g/mol. The summed E-state index contributed by atoms with van der Waals surface area (Å²) in [5.74, 6) is -0.653. The van der Waals surface area contributed by atoms with Crippen molar-refractivity contribution in [3.8, 4) is 0 Å². The minimum absolute atomic E-state index is 0.343. The van der Waals surface area contributed by atoms with E-state index < -0.39 is 5.97 Å². The predicted molar refractivity (Wildman–Crippen MR) is 115 cm³/mol. The summed E-state index contributed by atoms with van der Waals surface area (Å²) in [6.07, 6.45) is 30.1. The fraction of sp³-hybridized carbons (Fsp3) is 0.875. The van der Waals surface area contributed by atoms with Crippen LogP contribution in [0.15, 0.2) is 12.2 Å². The van der Waals surface area contributed by atoms with Gasteiger partial charge in [-0.25, -0.2) is 0 Å². The van der Waals surface area contributed by atoms with Gasteiger partial charge in [0.1, 0.15) is 0 Å². The molecule has 0 saturated carbocycles. The smallest absolute Gasteiger partial charge is 0.303 e. The fourth-order valence-corrected chi connectivity index (χ4v) is 3.41. The molecule has 0 rings (SSSR count). The van der Waals surface area contributed by atoms with Crippen LogP contribution in [0.1, 0.15) is 135 Å². The molecule has 0 saturated heterocycles. The molecule has 0 spiro atoms. The Kier molecular flexibility index (Phi) is 21.6. The molecule has 1 N–H and O–H groups in total. The van der Waals surface area contributed by atoms with Gasteiger partial charge in [0, 0.05) is 6.42 Å². The molecule has 0 heterocycles. The average molecular weight is 367 g/mol. The van der Waals surface area contributed by atoms with Crippen LogP contribution in [0.25, 0.3) is 0 Å². The third-order valence-electron chi connectivity index (χ3n) is 5.15. The molecule has 0 aromatic heterocycles. The molecule has 0 aliphatic carbocycles. The van der Waals surface area contributed by atoms with Crippen LogP contribution in [0.3, 0.4) is 0 Å². The monoisotopic (exact) mass is 366 g/mol. The first kappa shape index (κ1) is 25.2. The molecule has 0 unspecified atom stereocenters. The minimum atomic E-state index is -0.653. The van der Waals surface area contributed by atoms with Crippen molar-refractivity contribution >= 4 is 5.97 Å². The summed E-state index contributed by atoms with van der Waals surface area (Å²) < 4.78 is 0. The van der Waals surface area contributed by atoms with E-state index in [0.717, 1.165) is 12.8 Å². The van der Waals surface area contributed by atoms with Gasteiger partial charge in [-0.3, -0.25) is 4.79 Å². The number of unbranched alkanes of at least 4 members (excludes halogenated alkanes) is 17. The molecule has 2 nitrogen and oxygen atoms in total. The fourth-order valence-electron chi connectivity index (χ4n) is 3.41. The number of hydrogen-bond donors (Lipinski definition) is 1. The van der Waals surface area contributed by atoms with Gasteiger partial charge in [0.2, 0.25) is 0 Å². The van der Waals surface area contributed by atoms with E-state index in [9.17, 15) is 4.79 Å². The molecule has 0 amide bonds. The first-order chi connectivity index (χ1) is 12.8. The lowest BCUT2D eigenvalue weighted by Crippen LogP contribution is -1.93. The second-order valence-electron chi connectivity index (χ2n) is 7.85. The van der Waals surface area contributed by atoms with Gasteiger partial charge < -0.3 is 5.11 Å². The number of carbonyl (C=O) groups is 1. The molecule has 26 heavy (non-hydrogen) atoms. The normalized spacial score (nSPS) is 11.4. The van der Waals surface area contributed by atoms with Crippen molar-refractivity contribution in [2.45, 2.75) is 135 Å². The Morgan fingerprint density at radius 2 is 0.923 bits per heavy atom. The van der Waals surface area contributed by atoms with E-state index in [2.05, 4.69) is 19.1 Å². The minimum Gasteiger partial charge on any atom is -0.481 e. The number of hydrogen-bond acceptors (Lipinski definition) is 1. The maximum Gasteiger partial charge on any atom is 0.303 e. The summed E-state index contributed by atoms with van der Waals surface area (Å²) in [6.45, 7) is 2.27. The van der Waals surface area contributed by atoms with Gasteiger partial charge in [-0.1, -0.05) is 109 Å². The highest BCUT2D eigenvalue weighted by molar-refractivity contribution is 5.66. The van der Waals surface area contributed by atoms with Crippen molar-refractivity contribution in [1.82, 2.24) is 0 Å². The van der Waals surface area contributed by atoms with Crippen LogP contribution in [0, 0.1) is 0 Å². The molecule has 0 radical (unpaired) electrons. The Morgan fingerprint density at radius 1 is 0.577 bits per heavy atom. The van der Waals surface area contributed by atoms with E-state index in [1.165, 1.54) is 109 Å². The lowest BCUT2D eigenvalue weighted by Gasteiger charge is -2.03. The first-order valence-corrected chi connectivity index (χ1v) is 11.6.